The number of carbonyl (C=O) groups excluding carboxylic acids is 3. The fourth-order valence-corrected chi connectivity index (χ4v) is 7.67. The minimum atomic E-state index is -1.41. The van der Waals surface area contributed by atoms with Crippen molar-refractivity contribution in [2.75, 3.05) is 0 Å². The number of esters is 2. The summed E-state index contributed by atoms with van der Waals surface area (Å²) in [5, 5.41) is 20.8. The molecule has 0 saturated heterocycles. The van der Waals surface area contributed by atoms with Crippen molar-refractivity contribution >= 4 is 35.2 Å². The predicted molar refractivity (Wildman–Crippen MR) is 222 cm³/mol. The van der Waals surface area contributed by atoms with E-state index in [0.29, 0.717) is 29.9 Å². The molecule has 0 spiro atoms. The van der Waals surface area contributed by atoms with E-state index < -0.39 is 18.0 Å². The Kier molecular flexibility index (Phi) is 20.3. The van der Waals surface area contributed by atoms with Crippen molar-refractivity contribution in [1.29, 1.82) is 0 Å². The van der Waals surface area contributed by atoms with Gasteiger partial charge < -0.3 is 29.6 Å². The van der Waals surface area contributed by atoms with Crippen LogP contribution >= 0.6 is 0 Å². The minimum Gasteiger partial charge on any atom is -0.508 e. The van der Waals surface area contributed by atoms with E-state index in [4.69, 9.17) is 24.4 Å². The van der Waals surface area contributed by atoms with Gasteiger partial charge in [-0.05, 0) is 49.6 Å². The number of amides is 1. The summed E-state index contributed by atoms with van der Waals surface area (Å²) in [7, 11) is 0. The molecule has 3 aromatic rings. The molecule has 0 bridgehead atoms. The third-order valence-electron chi connectivity index (χ3n) is 10.6. The second-order valence-corrected chi connectivity index (χ2v) is 14.8. The maximum absolute atomic E-state index is 13.7. The fraction of sp³-hybridized carbons (Fsp3) is 0.600. The van der Waals surface area contributed by atoms with E-state index in [0.717, 1.165) is 35.8 Å². The number of ether oxygens (including phenoxy) is 2. The molecule has 2 aromatic heterocycles. The molecule has 12 heteroatoms. The summed E-state index contributed by atoms with van der Waals surface area (Å²) in [5.74, 6) is -1.58. The first-order valence-electron chi connectivity index (χ1n) is 21.3. The van der Waals surface area contributed by atoms with Gasteiger partial charge in [0, 0.05) is 29.0 Å². The number of unbranched alkanes of at least 4 members (excludes halogenated alkanes) is 13. The number of aromatic nitrogens is 2. The van der Waals surface area contributed by atoms with Gasteiger partial charge in [-0.25, -0.2) is 9.78 Å². The Bertz CT molecular complexity index is 1840. The Morgan fingerprint density at radius 2 is 1.53 bits per heavy atom. The standard InChI is InChI=1S/C42H57N3O7.C2H6.CH2O2/c1-4-6-7-8-9-10-11-12-13-14-15-16-17-18-19-28(3)43-37(47)22-23-38(48)52-40-32-25-36-39-33(26-45(36)41(49)34(32)27-51-42(40)50)30(5-2)31-24-29(46)20-21-35(31)44-39;1-2;2-1-3/h20-21,24-25,28,40,46H,4-19,22-23,26-27H2,1-3H3,(H,43,47);1-2H3;1H,(H,2,3). The van der Waals surface area contributed by atoms with Crippen LogP contribution in [-0.2, 0) is 48.2 Å². The van der Waals surface area contributed by atoms with Gasteiger partial charge in [-0.1, -0.05) is 118 Å². The number of hydrogen-bond acceptors (Lipinski definition) is 9. The molecular formula is C45H65N3O9. The molecular weight excluding hydrogens is 727 g/mol. The molecule has 12 nitrogen and oxygen atoms in total. The van der Waals surface area contributed by atoms with Crippen molar-refractivity contribution in [2.24, 2.45) is 0 Å². The number of carboxylic acid groups (broad SMARTS) is 1. The van der Waals surface area contributed by atoms with E-state index in [-0.39, 0.29) is 60.3 Å². The molecule has 0 aliphatic carbocycles. The summed E-state index contributed by atoms with van der Waals surface area (Å²) in [6, 6.07) is 6.70. The van der Waals surface area contributed by atoms with Gasteiger partial charge in [0.25, 0.3) is 12.0 Å². The number of phenols is 1. The molecule has 2 aliphatic heterocycles. The fourth-order valence-electron chi connectivity index (χ4n) is 7.67. The number of nitrogens with zero attached hydrogens (tertiary/aromatic N) is 2. The largest absolute Gasteiger partial charge is 0.508 e. The molecule has 2 aliphatic rings. The number of cyclic esters (lactones) is 1. The zero-order valence-corrected chi connectivity index (χ0v) is 34.8. The number of nitrogens with one attached hydrogen (secondary N) is 1. The summed E-state index contributed by atoms with van der Waals surface area (Å²) in [6.45, 7) is 10.1. The Labute approximate surface area is 337 Å². The van der Waals surface area contributed by atoms with Crippen LogP contribution in [0.4, 0.5) is 0 Å². The monoisotopic (exact) mass is 791 g/mol. The highest BCUT2D eigenvalue weighted by Crippen LogP contribution is 2.39. The smallest absolute Gasteiger partial charge is 0.352 e. The first-order chi connectivity index (χ1) is 27.6. The third kappa shape index (κ3) is 13.4. The number of carbonyl (C=O) groups is 4. The zero-order valence-electron chi connectivity index (χ0n) is 34.8. The Balaban J connectivity index is 0.00000166. The number of benzene rings is 1. The first kappa shape index (κ1) is 46.6. The molecule has 0 radical (unpaired) electrons. The van der Waals surface area contributed by atoms with Gasteiger partial charge in [-0.3, -0.25) is 19.2 Å². The SMILES string of the molecule is CC.CCCCCCCCCCCCCCCCC(C)NC(=O)CCC(=O)OC1C(=O)OCc2c1cc1n(c2=O)Cc2c-1nc1ccc(O)cc1c2CC.O=CO. The van der Waals surface area contributed by atoms with Crippen molar-refractivity contribution in [3.8, 4) is 17.1 Å². The van der Waals surface area contributed by atoms with Crippen molar-refractivity contribution in [3.63, 3.8) is 0 Å². The Hall–Kier alpha value is -4.74. The number of fused-ring (bicyclic) bond motifs is 5. The van der Waals surface area contributed by atoms with Crippen molar-refractivity contribution in [3.05, 3.63) is 56.9 Å². The zero-order chi connectivity index (χ0) is 41.7. The van der Waals surface area contributed by atoms with Gasteiger partial charge in [0.1, 0.15) is 12.4 Å². The molecule has 2 unspecified atom stereocenters. The summed E-state index contributed by atoms with van der Waals surface area (Å²) in [4.78, 5) is 65.3. The van der Waals surface area contributed by atoms with E-state index in [1.54, 1.807) is 28.8 Å². The van der Waals surface area contributed by atoms with E-state index in [1.165, 1.54) is 77.0 Å². The number of pyridine rings is 2. The average Bonchev–Trinajstić information content (AvgIpc) is 3.56. The molecule has 2 atom stereocenters. The van der Waals surface area contributed by atoms with Gasteiger partial charge in [0.2, 0.25) is 12.0 Å². The number of rotatable bonds is 21. The second-order valence-electron chi connectivity index (χ2n) is 14.8. The number of aromatic hydroxyl groups is 1. The third-order valence-corrected chi connectivity index (χ3v) is 10.6. The van der Waals surface area contributed by atoms with Crippen molar-refractivity contribution < 1.29 is 38.9 Å². The molecule has 4 heterocycles. The molecule has 314 valence electrons. The summed E-state index contributed by atoms with van der Waals surface area (Å²) >= 11 is 0. The Morgan fingerprint density at radius 3 is 2.12 bits per heavy atom. The number of hydrogen-bond donors (Lipinski definition) is 3. The summed E-state index contributed by atoms with van der Waals surface area (Å²) in [5.41, 5.74) is 3.91. The lowest BCUT2D eigenvalue weighted by Crippen LogP contribution is -2.35. The quantitative estimate of drug-likeness (QED) is 0.0419. The van der Waals surface area contributed by atoms with Gasteiger partial charge in [0.05, 0.1) is 35.4 Å². The molecule has 3 N–H and O–H groups in total. The normalized spacial score (nSPS) is 14.1. The highest BCUT2D eigenvalue weighted by molar-refractivity contribution is 5.90. The predicted octanol–water partition coefficient (Wildman–Crippen LogP) is 9.22. The first-order valence-corrected chi connectivity index (χ1v) is 21.3. The number of aryl methyl sites for hydroxylation is 1. The van der Waals surface area contributed by atoms with Crippen LogP contribution in [0.15, 0.2) is 29.1 Å². The maximum Gasteiger partial charge on any atom is 0.352 e. The van der Waals surface area contributed by atoms with Crippen LogP contribution in [0.5, 0.6) is 5.75 Å². The van der Waals surface area contributed by atoms with E-state index in [1.807, 2.05) is 27.7 Å². The van der Waals surface area contributed by atoms with Gasteiger partial charge in [-0.15, -0.1) is 0 Å². The van der Waals surface area contributed by atoms with Crippen LogP contribution in [0.25, 0.3) is 22.3 Å². The highest BCUT2D eigenvalue weighted by Gasteiger charge is 2.38. The van der Waals surface area contributed by atoms with E-state index in [9.17, 15) is 24.3 Å². The average molecular weight is 792 g/mol. The van der Waals surface area contributed by atoms with Gasteiger partial charge in [0.15, 0.2) is 0 Å². The lowest BCUT2D eigenvalue weighted by Gasteiger charge is -2.25. The van der Waals surface area contributed by atoms with Crippen LogP contribution in [0.2, 0.25) is 0 Å². The highest BCUT2D eigenvalue weighted by atomic mass is 16.6. The van der Waals surface area contributed by atoms with Crippen molar-refractivity contribution in [2.45, 2.75) is 175 Å². The lowest BCUT2D eigenvalue weighted by atomic mass is 9.97. The van der Waals surface area contributed by atoms with Gasteiger partial charge in [-0.2, -0.15) is 0 Å². The summed E-state index contributed by atoms with van der Waals surface area (Å²) < 4.78 is 12.5. The van der Waals surface area contributed by atoms with Crippen LogP contribution in [-0.4, -0.2) is 50.1 Å². The van der Waals surface area contributed by atoms with Gasteiger partial charge >= 0.3 is 11.9 Å². The molecule has 1 aromatic carbocycles. The molecule has 0 fully saturated rings. The maximum atomic E-state index is 13.7. The van der Waals surface area contributed by atoms with E-state index >= 15 is 0 Å². The van der Waals surface area contributed by atoms with Crippen LogP contribution in [0, 0.1) is 0 Å². The topological polar surface area (TPSA) is 174 Å². The minimum absolute atomic E-state index is 0.00337. The van der Waals surface area contributed by atoms with Crippen LogP contribution in [0.1, 0.15) is 172 Å². The van der Waals surface area contributed by atoms with Crippen molar-refractivity contribution in [1.82, 2.24) is 14.9 Å². The number of phenolic OH excluding ortho intramolecular Hbond substituents is 1. The summed E-state index contributed by atoms with van der Waals surface area (Å²) in [6.07, 6.45) is 18.1. The van der Waals surface area contributed by atoms with Crippen LogP contribution in [0.3, 0.4) is 0 Å². The lowest BCUT2D eigenvalue weighted by molar-refractivity contribution is -0.171. The van der Waals surface area contributed by atoms with E-state index in [2.05, 4.69) is 12.2 Å². The molecule has 1 amide bonds. The Morgan fingerprint density at radius 1 is 0.930 bits per heavy atom. The molecule has 57 heavy (non-hydrogen) atoms. The second kappa shape index (κ2) is 24.8. The molecule has 5 rings (SSSR count). The molecule has 0 saturated carbocycles. The van der Waals surface area contributed by atoms with Crippen LogP contribution < -0.4 is 10.9 Å².